The molecule has 0 atom stereocenters. The van der Waals surface area contributed by atoms with E-state index >= 15 is 0 Å². The molecule has 1 aromatic carbocycles. The predicted molar refractivity (Wildman–Crippen MR) is 58.4 cm³/mol. The SMILES string of the molecule is Cc1c(F)c(CC(C)C)c(F)c(F)c1N=[N+]=[N-]. The minimum absolute atomic E-state index is 0.0110. The lowest BCUT2D eigenvalue weighted by molar-refractivity contribution is 0.466. The van der Waals surface area contributed by atoms with E-state index in [-0.39, 0.29) is 23.5 Å². The number of rotatable bonds is 3. The van der Waals surface area contributed by atoms with Crippen LogP contribution < -0.4 is 0 Å². The smallest absolute Gasteiger partial charge is 0.169 e. The fourth-order valence-electron chi connectivity index (χ4n) is 1.58. The van der Waals surface area contributed by atoms with Gasteiger partial charge in [0.15, 0.2) is 11.6 Å². The van der Waals surface area contributed by atoms with Gasteiger partial charge >= 0.3 is 0 Å². The summed E-state index contributed by atoms with van der Waals surface area (Å²) in [5, 5.41) is 2.97. The molecule has 6 heteroatoms. The molecule has 0 amide bonds. The molecular weight excluding hydrogens is 231 g/mol. The summed E-state index contributed by atoms with van der Waals surface area (Å²) in [5.41, 5.74) is 7.13. The van der Waals surface area contributed by atoms with Crippen molar-refractivity contribution in [2.75, 3.05) is 0 Å². The Hall–Kier alpha value is -1.68. The Kier molecular flexibility index (Phi) is 4.02. The molecule has 0 aliphatic heterocycles. The third-order valence-electron chi connectivity index (χ3n) is 2.37. The molecule has 0 bridgehead atoms. The lowest BCUT2D eigenvalue weighted by Crippen LogP contribution is -2.06. The molecule has 17 heavy (non-hydrogen) atoms. The van der Waals surface area contributed by atoms with Crippen LogP contribution in [-0.4, -0.2) is 0 Å². The van der Waals surface area contributed by atoms with Gasteiger partial charge in [-0.15, -0.1) is 0 Å². The van der Waals surface area contributed by atoms with Gasteiger partial charge in [-0.3, -0.25) is 0 Å². The van der Waals surface area contributed by atoms with Crippen LogP contribution in [0.25, 0.3) is 10.4 Å². The zero-order valence-corrected chi connectivity index (χ0v) is 9.76. The highest BCUT2D eigenvalue weighted by Gasteiger charge is 2.22. The van der Waals surface area contributed by atoms with Gasteiger partial charge in [0.05, 0.1) is 5.69 Å². The van der Waals surface area contributed by atoms with Crippen LogP contribution in [-0.2, 0) is 6.42 Å². The van der Waals surface area contributed by atoms with Crippen LogP contribution >= 0.6 is 0 Å². The summed E-state index contributed by atoms with van der Waals surface area (Å²) in [7, 11) is 0. The van der Waals surface area contributed by atoms with E-state index in [1.807, 2.05) is 0 Å². The molecule has 92 valence electrons. The number of halogens is 3. The van der Waals surface area contributed by atoms with Crippen molar-refractivity contribution in [3.8, 4) is 0 Å². The summed E-state index contributed by atoms with van der Waals surface area (Å²) >= 11 is 0. The molecule has 0 N–H and O–H groups in total. The maximum Gasteiger partial charge on any atom is 0.169 e. The number of azide groups is 1. The van der Waals surface area contributed by atoms with Crippen LogP contribution in [0.1, 0.15) is 25.0 Å². The molecule has 0 spiro atoms. The number of hydrogen-bond donors (Lipinski definition) is 0. The van der Waals surface area contributed by atoms with Crippen molar-refractivity contribution in [1.29, 1.82) is 0 Å². The first-order valence-electron chi connectivity index (χ1n) is 5.11. The molecule has 0 unspecified atom stereocenters. The maximum atomic E-state index is 13.8. The van der Waals surface area contributed by atoms with E-state index in [2.05, 4.69) is 10.0 Å². The second-order valence-corrected chi connectivity index (χ2v) is 4.18. The van der Waals surface area contributed by atoms with Gasteiger partial charge in [-0.1, -0.05) is 19.0 Å². The van der Waals surface area contributed by atoms with Crippen molar-refractivity contribution in [2.45, 2.75) is 27.2 Å². The molecule has 0 saturated heterocycles. The molecule has 1 rings (SSSR count). The quantitative estimate of drug-likeness (QED) is 0.323. The second-order valence-electron chi connectivity index (χ2n) is 4.18. The van der Waals surface area contributed by atoms with E-state index in [4.69, 9.17) is 5.53 Å². The van der Waals surface area contributed by atoms with Crippen LogP contribution in [0.2, 0.25) is 0 Å². The molecular formula is C11H12F3N3. The van der Waals surface area contributed by atoms with Gasteiger partial charge in [-0.05, 0) is 30.4 Å². The fraction of sp³-hybridized carbons (Fsp3) is 0.455. The minimum Gasteiger partial charge on any atom is -0.206 e. The number of nitrogens with zero attached hydrogens (tertiary/aromatic N) is 3. The van der Waals surface area contributed by atoms with Crippen LogP contribution in [0.3, 0.4) is 0 Å². The normalized spacial score (nSPS) is 10.5. The molecule has 0 aliphatic rings. The maximum absolute atomic E-state index is 13.8. The van der Waals surface area contributed by atoms with Gasteiger partial charge in [-0.2, -0.15) is 0 Å². The van der Waals surface area contributed by atoms with E-state index < -0.39 is 23.1 Å². The fourth-order valence-corrected chi connectivity index (χ4v) is 1.58. The zero-order chi connectivity index (χ0) is 13.2. The predicted octanol–water partition coefficient (Wildman–Crippen LogP) is 4.55. The van der Waals surface area contributed by atoms with E-state index in [1.54, 1.807) is 13.8 Å². The summed E-state index contributed by atoms with van der Waals surface area (Å²) in [6.07, 6.45) is 0.0893. The van der Waals surface area contributed by atoms with Crippen LogP contribution in [0.5, 0.6) is 0 Å². The largest absolute Gasteiger partial charge is 0.206 e. The highest BCUT2D eigenvalue weighted by atomic mass is 19.2. The Bertz CT molecular complexity index is 462. The van der Waals surface area contributed by atoms with E-state index in [0.29, 0.717) is 0 Å². The first-order chi connectivity index (χ1) is 7.90. The van der Waals surface area contributed by atoms with Gasteiger partial charge in [0.25, 0.3) is 0 Å². The average Bonchev–Trinajstić information content (AvgIpc) is 2.27. The summed E-state index contributed by atoms with van der Waals surface area (Å²) in [5.74, 6) is -3.43. The summed E-state index contributed by atoms with van der Waals surface area (Å²) in [6, 6.07) is 0. The van der Waals surface area contributed by atoms with Gasteiger partial charge in [0.2, 0.25) is 0 Å². The lowest BCUT2D eigenvalue weighted by atomic mass is 9.98. The van der Waals surface area contributed by atoms with Crippen molar-refractivity contribution in [3.05, 3.63) is 39.0 Å². The molecule has 0 aliphatic carbocycles. The molecule has 3 nitrogen and oxygen atoms in total. The monoisotopic (exact) mass is 243 g/mol. The molecule has 0 radical (unpaired) electrons. The Balaban J connectivity index is 3.52. The van der Waals surface area contributed by atoms with E-state index in [0.717, 1.165) is 0 Å². The van der Waals surface area contributed by atoms with Crippen molar-refractivity contribution in [1.82, 2.24) is 0 Å². The van der Waals surface area contributed by atoms with Crippen molar-refractivity contribution >= 4 is 5.69 Å². The highest BCUT2D eigenvalue weighted by molar-refractivity contribution is 5.50. The Morgan fingerprint density at radius 2 is 1.76 bits per heavy atom. The molecule has 0 saturated carbocycles. The van der Waals surface area contributed by atoms with Crippen molar-refractivity contribution in [3.63, 3.8) is 0 Å². The van der Waals surface area contributed by atoms with Crippen molar-refractivity contribution in [2.24, 2.45) is 11.0 Å². The number of benzene rings is 1. The molecule has 0 aromatic heterocycles. The molecule has 0 fully saturated rings. The van der Waals surface area contributed by atoms with E-state index in [9.17, 15) is 13.2 Å². The second kappa shape index (κ2) is 5.10. The average molecular weight is 243 g/mol. The van der Waals surface area contributed by atoms with Crippen molar-refractivity contribution < 1.29 is 13.2 Å². The first-order valence-corrected chi connectivity index (χ1v) is 5.11. The third kappa shape index (κ3) is 2.53. The van der Waals surface area contributed by atoms with Crippen LogP contribution in [0, 0.1) is 30.3 Å². The van der Waals surface area contributed by atoms with Crippen LogP contribution in [0.15, 0.2) is 5.11 Å². The Morgan fingerprint density at radius 3 is 2.24 bits per heavy atom. The van der Waals surface area contributed by atoms with Gasteiger partial charge < -0.3 is 0 Å². The Morgan fingerprint density at radius 1 is 1.18 bits per heavy atom. The van der Waals surface area contributed by atoms with Gasteiger partial charge in [-0.25, -0.2) is 13.2 Å². The molecule has 1 aromatic rings. The third-order valence-corrected chi connectivity index (χ3v) is 2.37. The summed E-state index contributed by atoms with van der Waals surface area (Å²) in [4.78, 5) is 2.35. The summed E-state index contributed by atoms with van der Waals surface area (Å²) in [6.45, 7) is 4.80. The zero-order valence-electron chi connectivity index (χ0n) is 9.76. The van der Waals surface area contributed by atoms with Gasteiger partial charge in [0.1, 0.15) is 5.82 Å². The van der Waals surface area contributed by atoms with E-state index in [1.165, 1.54) is 6.92 Å². The van der Waals surface area contributed by atoms with Gasteiger partial charge in [0, 0.05) is 10.5 Å². The minimum atomic E-state index is -1.29. The summed E-state index contributed by atoms with van der Waals surface area (Å²) < 4.78 is 40.9. The first kappa shape index (κ1) is 13.4. The topological polar surface area (TPSA) is 48.8 Å². The highest BCUT2D eigenvalue weighted by Crippen LogP contribution is 2.32. The van der Waals surface area contributed by atoms with Crippen LogP contribution in [0.4, 0.5) is 18.9 Å². The standard InChI is InChI=1S/C11H12F3N3/c1-5(2)4-7-8(12)6(3)11(16-17-15)10(14)9(7)13/h5H,4H2,1-3H3. The Labute approximate surface area is 96.9 Å². The molecule has 0 heterocycles. The lowest BCUT2D eigenvalue weighted by Gasteiger charge is -2.12. The number of hydrogen-bond acceptors (Lipinski definition) is 1.